The van der Waals surface area contributed by atoms with Crippen LogP contribution in [-0.4, -0.2) is 45.6 Å². The molecule has 1 aliphatic rings. The molecule has 158 valence electrons. The molecule has 0 aliphatic carbocycles. The van der Waals surface area contributed by atoms with Gasteiger partial charge in [0, 0.05) is 42.5 Å². The molecule has 1 aromatic heterocycles. The molecule has 4 rings (SSSR count). The fourth-order valence-corrected chi connectivity index (χ4v) is 3.53. The van der Waals surface area contributed by atoms with E-state index in [0.717, 1.165) is 11.3 Å². The van der Waals surface area contributed by atoms with Gasteiger partial charge in [0.2, 0.25) is 5.91 Å². The standard InChI is InChI=1S/C24H23FN4O2/c25-20-9-7-19(8-10-20)24(31)27-21-12-14-28(15-13-21)23(30)11-6-18-16-26-29(17-18)22-4-2-1-3-5-22/h1-11,16-17,21H,12-15H2,(H,27,31)/b11-6+. The molecule has 1 N–H and O–H groups in total. The van der Waals surface area contributed by atoms with Gasteiger partial charge in [-0.25, -0.2) is 9.07 Å². The highest BCUT2D eigenvalue weighted by Crippen LogP contribution is 2.14. The van der Waals surface area contributed by atoms with Crippen molar-refractivity contribution in [3.63, 3.8) is 0 Å². The van der Waals surface area contributed by atoms with E-state index in [2.05, 4.69) is 10.4 Å². The van der Waals surface area contributed by atoms with Crippen molar-refractivity contribution in [2.24, 2.45) is 0 Å². The van der Waals surface area contributed by atoms with Crippen molar-refractivity contribution in [3.8, 4) is 5.69 Å². The van der Waals surface area contributed by atoms with Crippen molar-refractivity contribution in [2.45, 2.75) is 18.9 Å². The van der Waals surface area contributed by atoms with Gasteiger partial charge in [-0.15, -0.1) is 0 Å². The van der Waals surface area contributed by atoms with E-state index in [1.807, 2.05) is 36.5 Å². The van der Waals surface area contributed by atoms with E-state index in [-0.39, 0.29) is 23.7 Å². The summed E-state index contributed by atoms with van der Waals surface area (Å²) in [4.78, 5) is 26.6. The van der Waals surface area contributed by atoms with Gasteiger partial charge in [0.15, 0.2) is 0 Å². The lowest BCUT2D eigenvalue weighted by atomic mass is 10.0. The van der Waals surface area contributed by atoms with Crippen molar-refractivity contribution in [3.05, 3.63) is 90.0 Å². The molecule has 0 spiro atoms. The van der Waals surface area contributed by atoms with Gasteiger partial charge >= 0.3 is 0 Å². The van der Waals surface area contributed by atoms with Crippen LogP contribution in [0.3, 0.4) is 0 Å². The quantitative estimate of drug-likeness (QED) is 0.646. The van der Waals surface area contributed by atoms with Crippen LogP contribution in [0.25, 0.3) is 11.8 Å². The molecule has 0 atom stereocenters. The lowest BCUT2D eigenvalue weighted by Gasteiger charge is -2.31. The van der Waals surface area contributed by atoms with Crippen molar-refractivity contribution >= 4 is 17.9 Å². The highest BCUT2D eigenvalue weighted by molar-refractivity contribution is 5.94. The topological polar surface area (TPSA) is 67.2 Å². The number of para-hydroxylation sites is 1. The molecule has 0 radical (unpaired) electrons. The monoisotopic (exact) mass is 418 g/mol. The van der Waals surface area contributed by atoms with Crippen LogP contribution < -0.4 is 5.32 Å². The summed E-state index contributed by atoms with van der Waals surface area (Å²) in [7, 11) is 0. The summed E-state index contributed by atoms with van der Waals surface area (Å²) >= 11 is 0. The second-order valence-corrected chi connectivity index (χ2v) is 7.47. The van der Waals surface area contributed by atoms with E-state index in [4.69, 9.17) is 0 Å². The van der Waals surface area contributed by atoms with Gasteiger partial charge in [0.1, 0.15) is 5.82 Å². The van der Waals surface area contributed by atoms with Crippen LogP contribution in [0.15, 0.2) is 73.1 Å². The molecule has 1 saturated heterocycles. The average Bonchev–Trinajstić information content (AvgIpc) is 3.28. The molecule has 0 saturated carbocycles. The maximum Gasteiger partial charge on any atom is 0.251 e. The van der Waals surface area contributed by atoms with Gasteiger partial charge in [-0.05, 0) is 55.3 Å². The van der Waals surface area contributed by atoms with Crippen LogP contribution in [0.1, 0.15) is 28.8 Å². The van der Waals surface area contributed by atoms with Gasteiger partial charge in [-0.2, -0.15) is 5.10 Å². The second kappa shape index (κ2) is 9.38. The first kappa shape index (κ1) is 20.5. The first-order chi connectivity index (χ1) is 15.1. The number of likely N-dealkylation sites (tertiary alicyclic amines) is 1. The maximum absolute atomic E-state index is 13.0. The first-order valence-electron chi connectivity index (χ1n) is 10.2. The molecular formula is C24H23FN4O2. The maximum atomic E-state index is 13.0. The third-order valence-electron chi connectivity index (χ3n) is 5.29. The number of hydrogen-bond donors (Lipinski definition) is 1. The van der Waals surface area contributed by atoms with E-state index in [9.17, 15) is 14.0 Å². The van der Waals surface area contributed by atoms with E-state index < -0.39 is 0 Å². The Hall–Kier alpha value is -3.74. The predicted octanol–water partition coefficient (Wildman–Crippen LogP) is 3.45. The summed E-state index contributed by atoms with van der Waals surface area (Å²) in [6.45, 7) is 1.14. The number of nitrogens with zero attached hydrogens (tertiary/aromatic N) is 3. The third-order valence-corrected chi connectivity index (χ3v) is 5.29. The molecule has 31 heavy (non-hydrogen) atoms. The van der Waals surface area contributed by atoms with Gasteiger partial charge < -0.3 is 10.2 Å². The van der Waals surface area contributed by atoms with Crippen molar-refractivity contribution in [2.75, 3.05) is 13.1 Å². The Morgan fingerprint density at radius 3 is 2.45 bits per heavy atom. The molecule has 1 fully saturated rings. The van der Waals surface area contributed by atoms with Crippen LogP contribution in [0, 0.1) is 5.82 Å². The number of carbonyl (C=O) groups is 2. The van der Waals surface area contributed by atoms with Crippen LogP contribution in [0.2, 0.25) is 0 Å². The molecule has 2 amide bonds. The number of benzene rings is 2. The zero-order valence-electron chi connectivity index (χ0n) is 16.9. The minimum Gasteiger partial charge on any atom is -0.349 e. The predicted molar refractivity (Wildman–Crippen MR) is 116 cm³/mol. The summed E-state index contributed by atoms with van der Waals surface area (Å²) in [6.07, 6.45) is 8.27. The van der Waals surface area contributed by atoms with Crippen LogP contribution in [-0.2, 0) is 4.79 Å². The number of carbonyl (C=O) groups excluding carboxylic acids is 2. The number of rotatable bonds is 5. The van der Waals surface area contributed by atoms with E-state index in [1.54, 1.807) is 27.9 Å². The fraction of sp³-hybridized carbons (Fsp3) is 0.208. The summed E-state index contributed by atoms with van der Waals surface area (Å²) in [5.41, 5.74) is 2.23. The van der Waals surface area contributed by atoms with Crippen LogP contribution in [0.4, 0.5) is 4.39 Å². The van der Waals surface area contributed by atoms with Crippen LogP contribution >= 0.6 is 0 Å². The van der Waals surface area contributed by atoms with Gasteiger partial charge in [-0.3, -0.25) is 9.59 Å². The summed E-state index contributed by atoms with van der Waals surface area (Å²) in [5.74, 6) is -0.653. The summed E-state index contributed by atoms with van der Waals surface area (Å²) < 4.78 is 14.8. The summed E-state index contributed by atoms with van der Waals surface area (Å²) in [5, 5.41) is 7.29. The Morgan fingerprint density at radius 2 is 1.74 bits per heavy atom. The molecule has 0 bridgehead atoms. The SMILES string of the molecule is O=C(NC1CCN(C(=O)/C=C/c2cnn(-c3ccccc3)c2)CC1)c1ccc(F)cc1. The molecule has 3 aromatic rings. The number of amides is 2. The molecule has 2 heterocycles. The minimum atomic E-state index is -0.371. The lowest BCUT2D eigenvalue weighted by molar-refractivity contribution is -0.126. The lowest BCUT2D eigenvalue weighted by Crippen LogP contribution is -2.46. The molecular weight excluding hydrogens is 395 g/mol. The number of halogens is 1. The van der Waals surface area contributed by atoms with Gasteiger partial charge in [-0.1, -0.05) is 18.2 Å². The third kappa shape index (κ3) is 5.25. The molecule has 0 unspecified atom stereocenters. The van der Waals surface area contributed by atoms with E-state index >= 15 is 0 Å². The molecule has 2 aromatic carbocycles. The molecule has 6 nitrogen and oxygen atoms in total. The average molecular weight is 418 g/mol. The zero-order chi connectivity index (χ0) is 21.6. The van der Waals surface area contributed by atoms with Gasteiger partial charge in [0.25, 0.3) is 5.91 Å². The Labute approximate surface area is 180 Å². The van der Waals surface area contributed by atoms with Crippen molar-refractivity contribution in [1.82, 2.24) is 20.0 Å². The Balaban J connectivity index is 1.27. The normalized spacial score (nSPS) is 14.7. The Morgan fingerprint density at radius 1 is 1.03 bits per heavy atom. The number of nitrogens with one attached hydrogen (secondary N) is 1. The highest BCUT2D eigenvalue weighted by atomic mass is 19.1. The number of piperidine rings is 1. The van der Waals surface area contributed by atoms with Gasteiger partial charge in [0.05, 0.1) is 11.9 Å². The Kier molecular flexibility index (Phi) is 6.21. The summed E-state index contributed by atoms with van der Waals surface area (Å²) in [6, 6.07) is 15.2. The molecule has 1 aliphatic heterocycles. The largest absolute Gasteiger partial charge is 0.349 e. The van der Waals surface area contributed by atoms with E-state index in [0.29, 0.717) is 31.5 Å². The second-order valence-electron chi connectivity index (χ2n) is 7.47. The van der Waals surface area contributed by atoms with Crippen molar-refractivity contribution < 1.29 is 14.0 Å². The van der Waals surface area contributed by atoms with Crippen LogP contribution in [0.5, 0.6) is 0 Å². The smallest absolute Gasteiger partial charge is 0.251 e. The zero-order valence-corrected chi connectivity index (χ0v) is 16.9. The minimum absolute atomic E-state index is 0.00492. The fourth-order valence-electron chi connectivity index (χ4n) is 3.53. The van der Waals surface area contributed by atoms with Crippen molar-refractivity contribution in [1.29, 1.82) is 0 Å². The Bertz CT molecular complexity index is 1070. The number of hydrogen-bond acceptors (Lipinski definition) is 3. The first-order valence-corrected chi connectivity index (χ1v) is 10.2. The molecule has 7 heteroatoms. The highest BCUT2D eigenvalue weighted by Gasteiger charge is 2.23. The van der Waals surface area contributed by atoms with E-state index in [1.165, 1.54) is 24.3 Å². The number of aromatic nitrogens is 2.